The first kappa shape index (κ1) is 17.4. The number of aryl methyl sites for hydroxylation is 1. The van der Waals surface area contributed by atoms with Crippen molar-refractivity contribution >= 4 is 5.91 Å². The quantitative estimate of drug-likeness (QED) is 0.899. The van der Waals surface area contributed by atoms with E-state index in [0.29, 0.717) is 0 Å². The summed E-state index contributed by atoms with van der Waals surface area (Å²) in [6.07, 6.45) is 10.4. The summed E-state index contributed by atoms with van der Waals surface area (Å²) in [5.41, 5.74) is 0. The third kappa shape index (κ3) is 3.97. The van der Waals surface area contributed by atoms with E-state index in [4.69, 9.17) is 0 Å². The van der Waals surface area contributed by atoms with E-state index in [1.54, 1.807) is 6.33 Å². The highest BCUT2D eigenvalue weighted by Gasteiger charge is 2.30. The molecule has 0 unspecified atom stereocenters. The fraction of sp³-hybridized carbons (Fsp3) is 0.833. The monoisotopic (exact) mass is 333 g/mol. The van der Waals surface area contributed by atoms with Crippen LogP contribution in [-0.4, -0.2) is 44.7 Å². The summed E-state index contributed by atoms with van der Waals surface area (Å²) in [5, 5.41) is 7.33. The molecule has 0 aromatic carbocycles. The predicted molar refractivity (Wildman–Crippen MR) is 93.4 cm³/mol. The van der Waals surface area contributed by atoms with Crippen LogP contribution in [0.25, 0.3) is 0 Å². The summed E-state index contributed by atoms with van der Waals surface area (Å²) in [6, 6.07) is 0.682. The van der Waals surface area contributed by atoms with Crippen LogP contribution in [0.2, 0.25) is 0 Å². The molecule has 1 atom stereocenters. The van der Waals surface area contributed by atoms with Gasteiger partial charge in [-0.05, 0) is 52.6 Å². The van der Waals surface area contributed by atoms with Crippen molar-refractivity contribution in [1.82, 2.24) is 25.0 Å². The fourth-order valence-electron chi connectivity index (χ4n) is 4.22. The van der Waals surface area contributed by atoms with E-state index < -0.39 is 0 Å². The Balaban J connectivity index is 1.48. The van der Waals surface area contributed by atoms with E-state index in [1.165, 1.54) is 32.1 Å². The smallest absolute Gasteiger partial charge is 0.223 e. The Hall–Kier alpha value is -1.43. The second-order valence-corrected chi connectivity index (χ2v) is 7.27. The van der Waals surface area contributed by atoms with Crippen LogP contribution in [0.3, 0.4) is 0 Å². The second kappa shape index (κ2) is 8.10. The maximum atomic E-state index is 12.6. The van der Waals surface area contributed by atoms with Crippen LogP contribution in [-0.2, 0) is 11.3 Å². The number of amides is 1. The molecular formula is C18H31N5O. The lowest BCUT2D eigenvalue weighted by molar-refractivity contribution is -0.127. The normalized spacial score (nSPS) is 22.4. The van der Waals surface area contributed by atoms with Crippen molar-refractivity contribution in [2.45, 2.75) is 77.4 Å². The average Bonchev–Trinajstić information content (AvgIpc) is 3.11. The Labute approximate surface area is 145 Å². The van der Waals surface area contributed by atoms with Crippen LogP contribution in [0.15, 0.2) is 6.33 Å². The molecule has 1 amide bonds. The molecule has 1 aromatic heterocycles. The Morgan fingerprint density at radius 3 is 2.62 bits per heavy atom. The number of hydrogen-bond acceptors (Lipinski definition) is 4. The van der Waals surface area contributed by atoms with Crippen molar-refractivity contribution in [2.75, 3.05) is 13.1 Å². The number of piperidine rings is 1. The molecule has 1 N–H and O–H groups in total. The molecule has 1 aliphatic heterocycles. The number of nitrogens with zero attached hydrogens (tertiary/aromatic N) is 4. The summed E-state index contributed by atoms with van der Waals surface area (Å²) < 4.78 is 1.84. The van der Waals surface area contributed by atoms with Gasteiger partial charge in [-0.1, -0.05) is 19.3 Å². The summed E-state index contributed by atoms with van der Waals surface area (Å²) >= 11 is 0. The standard InChI is InChI=1S/C18H31N5O/c1-3-23-17(19-13-20-23)14(2)21-18(24)15-9-11-22(12-10-15)16-7-5-4-6-8-16/h13-16H,3-12H2,1-2H3,(H,21,24)/t14-/m0/s1. The first-order chi connectivity index (χ1) is 11.7. The van der Waals surface area contributed by atoms with Gasteiger partial charge in [0.2, 0.25) is 5.91 Å². The topological polar surface area (TPSA) is 63.1 Å². The van der Waals surface area contributed by atoms with Crippen LogP contribution >= 0.6 is 0 Å². The van der Waals surface area contributed by atoms with Gasteiger partial charge in [0.25, 0.3) is 0 Å². The van der Waals surface area contributed by atoms with Crippen LogP contribution in [0.4, 0.5) is 0 Å². The molecule has 0 radical (unpaired) electrons. The fourth-order valence-corrected chi connectivity index (χ4v) is 4.22. The number of rotatable bonds is 5. The van der Waals surface area contributed by atoms with Crippen LogP contribution in [0, 0.1) is 5.92 Å². The van der Waals surface area contributed by atoms with E-state index in [9.17, 15) is 4.79 Å². The predicted octanol–water partition coefficient (Wildman–Crippen LogP) is 2.52. The van der Waals surface area contributed by atoms with Crippen molar-refractivity contribution in [3.8, 4) is 0 Å². The molecule has 1 saturated carbocycles. The molecule has 24 heavy (non-hydrogen) atoms. The maximum absolute atomic E-state index is 12.6. The number of hydrogen-bond donors (Lipinski definition) is 1. The van der Waals surface area contributed by atoms with Crippen LogP contribution in [0.5, 0.6) is 0 Å². The highest BCUT2D eigenvalue weighted by atomic mass is 16.2. The zero-order chi connectivity index (χ0) is 16.9. The van der Waals surface area contributed by atoms with Gasteiger partial charge in [0, 0.05) is 18.5 Å². The van der Waals surface area contributed by atoms with Crippen LogP contribution < -0.4 is 5.32 Å². The summed E-state index contributed by atoms with van der Waals surface area (Å²) in [7, 11) is 0. The summed E-state index contributed by atoms with van der Waals surface area (Å²) in [4.78, 5) is 19.5. The first-order valence-corrected chi connectivity index (χ1v) is 9.61. The van der Waals surface area contributed by atoms with E-state index in [-0.39, 0.29) is 17.9 Å². The molecule has 6 nitrogen and oxygen atoms in total. The van der Waals surface area contributed by atoms with Gasteiger partial charge in [-0.25, -0.2) is 9.67 Å². The van der Waals surface area contributed by atoms with Gasteiger partial charge in [0.05, 0.1) is 6.04 Å². The van der Waals surface area contributed by atoms with Crippen molar-refractivity contribution in [1.29, 1.82) is 0 Å². The molecular weight excluding hydrogens is 302 g/mol. The highest BCUT2D eigenvalue weighted by Crippen LogP contribution is 2.27. The molecule has 2 fully saturated rings. The molecule has 6 heteroatoms. The number of carbonyl (C=O) groups excluding carboxylic acids is 1. The second-order valence-electron chi connectivity index (χ2n) is 7.27. The Kier molecular flexibility index (Phi) is 5.87. The third-order valence-electron chi connectivity index (χ3n) is 5.68. The van der Waals surface area contributed by atoms with E-state index in [1.807, 2.05) is 18.5 Å². The molecule has 0 bridgehead atoms. The number of carbonyl (C=O) groups is 1. The largest absolute Gasteiger partial charge is 0.346 e. The summed E-state index contributed by atoms with van der Waals surface area (Å²) in [6.45, 7) is 6.94. The molecule has 0 spiro atoms. The van der Waals surface area contributed by atoms with Gasteiger partial charge in [-0.15, -0.1) is 0 Å². The molecule has 1 aliphatic carbocycles. The molecule has 2 heterocycles. The van der Waals surface area contributed by atoms with Gasteiger partial charge < -0.3 is 10.2 Å². The average molecular weight is 333 g/mol. The molecule has 134 valence electrons. The van der Waals surface area contributed by atoms with Gasteiger partial charge in [-0.3, -0.25) is 4.79 Å². The van der Waals surface area contributed by atoms with Crippen molar-refractivity contribution in [3.63, 3.8) is 0 Å². The maximum Gasteiger partial charge on any atom is 0.223 e. The molecule has 3 rings (SSSR count). The van der Waals surface area contributed by atoms with Crippen molar-refractivity contribution in [3.05, 3.63) is 12.2 Å². The number of nitrogens with one attached hydrogen (secondary N) is 1. The van der Waals surface area contributed by atoms with E-state index in [0.717, 1.165) is 44.3 Å². The summed E-state index contributed by atoms with van der Waals surface area (Å²) in [5.74, 6) is 1.16. The number of likely N-dealkylation sites (tertiary alicyclic amines) is 1. The Morgan fingerprint density at radius 2 is 1.96 bits per heavy atom. The lowest BCUT2D eigenvalue weighted by atomic mass is 9.89. The van der Waals surface area contributed by atoms with Gasteiger partial charge in [-0.2, -0.15) is 5.10 Å². The first-order valence-electron chi connectivity index (χ1n) is 9.61. The van der Waals surface area contributed by atoms with Crippen LogP contribution in [0.1, 0.15) is 70.7 Å². The van der Waals surface area contributed by atoms with Gasteiger partial charge in [0.1, 0.15) is 12.2 Å². The third-order valence-corrected chi connectivity index (χ3v) is 5.68. The highest BCUT2D eigenvalue weighted by molar-refractivity contribution is 5.79. The Bertz CT molecular complexity index is 529. The SMILES string of the molecule is CCn1ncnc1[C@H](C)NC(=O)C1CCN(C2CCCCC2)CC1. The van der Waals surface area contributed by atoms with Gasteiger partial charge in [0.15, 0.2) is 0 Å². The van der Waals surface area contributed by atoms with E-state index in [2.05, 4.69) is 20.3 Å². The Morgan fingerprint density at radius 1 is 1.25 bits per heavy atom. The minimum absolute atomic E-state index is 0.0867. The molecule has 1 saturated heterocycles. The van der Waals surface area contributed by atoms with Gasteiger partial charge >= 0.3 is 0 Å². The van der Waals surface area contributed by atoms with Crippen molar-refractivity contribution in [2.24, 2.45) is 5.92 Å². The lowest BCUT2D eigenvalue weighted by Gasteiger charge is -2.39. The minimum atomic E-state index is -0.0867. The molecule has 1 aromatic rings. The molecule has 2 aliphatic rings. The minimum Gasteiger partial charge on any atom is -0.346 e. The lowest BCUT2D eigenvalue weighted by Crippen LogP contribution is -2.45. The number of aromatic nitrogens is 3. The van der Waals surface area contributed by atoms with E-state index >= 15 is 0 Å². The zero-order valence-corrected chi connectivity index (χ0v) is 15.1. The van der Waals surface area contributed by atoms with Crippen molar-refractivity contribution < 1.29 is 4.79 Å². The zero-order valence-electron chi connectivity index (χ0n) is 15.1.